The van der Waals surface area contributed by atoms with Crippen LogP contribution in [-0.2, 0) is 10.3 Å². The van der Waals surface area contributed by atoms with E-state index >= 15 is 0 Å². The van der Waals surface area contributed by atoms with Crippen molar-refractivity contribution in [2.45, 2.75) is 25.9 Å². The van der Waals surface area contributed by atoms with Gasteiger partial charge in [0.15, 0.2) is 0 Å². The molecule has 3 rings (SSSR count). The standard InChI is InChI=1S/C17H17NO/c1-3-17(2)14-11-7-8-12-15(14)18-16(19-17)13-9-5-4-6-10-13/h4-12H,3H2,1-2H3. The van der Waals surface area contributed by atoms with E-state index < -0.39 is 0 Å². The van der Waals surface area contributed by atoms with Crippen molar-refractivity contribution >= 4 is 11.6 Å². The fraction of sp³-hybridized carbons (Fsp3) is 0.235. The molecule has 96 valence electrons. The van der Waals surface area contributed by atoms with Crippen LogP contribution in [0.3, 0.4) is 0 Å². The maximum absolute atomic E-state index is 6.19. The van der Waals surface area contributed by atoms with Gasteiger partial charge in [-0.15, -0.1) is 0 Å². The van der Waals surface area contributed by atoms with Crippen LogP contribution in [-0.4, -0.2) is 5.90 Å². The summed E-state index contributed by atoms with van der Waals surface area (Å²) < 4.78 is 6.19. The molecule has 1 unspecified atom stereocenters. The van der Waals surface area contributed by atoms with Crippen LogP contribution in [0.1, 0.15) is 31.4 Å². The number of benzene rings is 2. The second-order valence-electron chi connectivity index (χ2n) is 4.99. The highest BCUT2D eigenvalue weighted by atomic mass is 16.5. The average molecular weight is 251 g/mol. The Hall–Kier alpha value is -2.09. The van der Waals surface area contributed by atoms with Crippen molar-refractivity contribution in [3.05, 3.63) is 65.7 Å². The molecule has 2 aromatic rings. The van der Waals surface area contributed by atoms with E-state index in [1.807, 2.05) is 42.5 Å². The van der Waals surface area contributed by atoms with E-state index in [2.05, 4.69) is 31.0 Å². The zero-order chi connectivity index (χ0) is 13.3. The van der Waals surface area contributed by atoms with E-state index in [-0.39, 0.29) is 5.60 Å². The van der Waals surface area contributed by atoms with E-state index in [1.165, 1.54) is 0 Å². The Morgan fingerprint density at radius 1 is 1.00 bits per heavy atom. The lowest BCUT2D eigenvalue weighted by Crippen LogP contribution is -2.31. The van der Waals surface area contributed by atoms with E-state index in [9.17, 15) is 0 Å². The summed E-state index contributed by atoms with van der Waals surface area (Å²) in [6, 6.07) is 18.3. The molecular formula is C17H17NO. The summed E-state index contributed by atoms with van der Waals surface area (Å²) >= 11 is 0. The number of hydrogen-bond acceptors (Lipinski definition) is 2. The summed E-state index contributed by atoms with van der Waals surface area (Å²) in [6.45, 7) is 4.27. The largest absolute Gasteiger partial charge is 0.466 e. The Bertz CT molecular complexity index is 618. The number of nitrogens with zero attached hydrogens (tertiary/aromatic N) is 1. The molecule has 0 aromatic heterocycles. The van der Waals surface area contributed by atoms with Gasteiger partial charge in [-0.05, 0) is 31.5 Å². The molecule has 2 nitrogen and oxygen atoms in total. The number of fused-ring (bicyclic) bond motifs is 1. The fourth-order valence-electron chi connectivity index (χ4n) is 2.39. The van der Waals surface area contributed by atoms with Gasteiger partial charge in [0.2, 0.25) is 5.90 Å². The minimum atomic E-state index is -0.302. The molecule has 0 N–H and O–H groups in total. The van der Waals surface area contributed by atoms with E-state index in [1.54, 1.807) is 0 Å². The van der Waals surface area contributed by atoms with Gasteiger partial charge in [-0.3, -0.25) is 0 Å². The molecule has 0 radical (unpaired) electrons. The van der Waals surface area contributed by atoms with Gasteiger partial charge >= 0.3 is 0 Å². The van der Waals surface area contributed by atoms with Crippen molar-refractivity contribution in [2.24, 2.45) is 4.99 Å². The lowest BCUT2D eigenvalue weighted by atomic mass is 9.90. The summed E-state index contributed by atoms with van der Waals surface area (Å²) in [5, 5.41) is 0. The molecule has 2 aromatic carbocycles. The third-order valence-corrected chi connectivity index (χ3v) is 3.71. The highest BCUT2D eigenvalue weighted by molar-refractivity contribution is 5.97. The minimum absolute atomic E-state index is 0.302. The highest BCUT2D eigenvalue weighted by Crippen LogP contribution is 2.40. The van der Waals surface area contributed by atoms with Crippen LogP contribution in [0.5, 0.6) is 0 Å². The molecule has 0 spiro atoms. The Morgan fingerprint density at radius 3 is 2.42 bits per heavy atom. The zero-order valence-electron chi connectivity index (χ0n) is 11.3. The second kappa shape index (κ2) is 4.54. The lowest BCUT2D eigenvalue weighted by molar-refractivity contribution is 0.0660. The van der Waals surface area contributed by atoms with Gasteiger partial charge in [-0.25, -0.2) is 4.99 Å². The molecule has 0 saturated carbocycles. The summed E-state index contributed by atoms with van der Waals surface area (Å²) in [4.78, 5) is 4.65. The Morgan fingerprint density at radius 2 is 1.68 bits per heavy atom. The Balaban J connectivity index is 2.14. The van der Waals surface area contributed by atoms with Crippen LogP contribution >= 0.6 is 0 Å². The summed E-state index contributed by atoms with van der Waals surface area (Å²) in [5.74, 6) is 0.712. The number of aliphatic imine (C=N–C) groups is 1. The zero-order valence-corrected chi connectivity index (χ0v) is 11.3. The van der Waals surface area contributed by atoms with Crippen molar-refractivity contribution in [2.75, 3.05) is 0 Å². The molecule has 1 aliphatic rings. The molecular weight excluding hydrogens is 234 g/mol. The number of para-hydroxylation sites is 1. The molecule has 0 amide bonds. The highest BCUT2D eigenvalue weighted by Gasteiger charge is 2.34. The van der Waals surface area contributed by atoms with Crippen molar-refractivity contribution < 1.29 is 4.74 Å². The summed E-state index contributed by atoms with van der Waals surface area (Å²) in [7, 11) is 0. The minimum Gasteiger partial charge on any atom is -0.466 e. The van der Waals surface area contributed by atoms with Crippen LogP contribution in [0.15, 0.2) is 59.6 Å². The molecule has 1 heterocycles. The van der Waals surface area contributed by atoms with Gasteiger partial charge in [-0.1, -0.05) is 43.3 Å². The molecule has 0 aliphatic carbocycles. The molecule has 1 aliphatic heterocycles. The van der Waals surface area contributed by atoms with Crippen molar-refractivity contribution in [1.29, 1.82) is 0 Å². The Labute approximate surface area is 113 Å². The van der Waals surface area contributed by atoms with E-state index in [0.717, 1.165) is 23.2 Å². The SMILES string of the molecule is CCC1(C)OC(c2ccccc2)=Nc2ccccc21. The van der Waals surface area contributed by atoms with Crippen molar-refractivity contribution in [3.63, 3.8) is 0 Å². The third kappa shape index (κ3) is 2.03. The van der Waals surface area contributed by atoms with Gasteiger partial charge in [0, 0.05) is 11.1 Å². The second-order valence-corrected chi connectivity index (χ2v) is 4.99. The summed E-state index contributed by atoms with van der Waals surface area (Å²) in [6.07, 6.45) is 0.913. The average Bonchev–Trinajstić information content (AvgIpc) is 2.48. The molecule has 2 heteroatoms. The molecule has 0 fully saturated rings. The molecule has 0 saturated heterocycles. The fourth-order valence-corrected chi connectivity index (χ4v) is 2.39. The molecule has 0 bridgehead atoms. The predicted molar refractivity (Wildman–Crippen MR) is 77.8 cm³/mol. The van der Waals surface area contributed by atoms with Crippen LogP contribution in [0.25, 0.3) is 0 Å². The van der Waals surface area contributed by atoms with Gasteiger partial charge in [-0.2, -0.15) is 0 Å². The first-order valence-electron chi connectivity index (χ1n) is 6.65. The Kier molecular flexibility index (Phi) is 2.86. The van der Waals surface area contributed by atoms with Crippen molar-refractivity contribution in [3.8, 4) is 0 Å². The monoisotopic (exact) mass is 251 g/mol. The van der Waals surface area contributed by atoms with Crippen LogP contribution in [0.4, 0.5) is 5.69 Å². The summed E-state index contributed by atoms with van der Waals surface area (Å²) in [5.41, 5.74) is 2.90. The molecule has 1 atom stereocenters. The van der Waals surface area contributed by atoms with Gasteiger partial charge in [0.1, 0.15) is 5.60 Å². The van der Waals surface area contributed by atoms with Gasteiger partial charge in [0.25, 0.3) is 0 Å². The maximum atomic E-state index is 6.19. The van der Waals surface area contributed by atoms with Crippen LogP contribution < -0.4 is 0 Å². The van der Waals surface area contributed by atoms with E-state index in [4.69, 9.17) is 4.74 Å². The number of hydrogen-bond donors (Lipinski definition) is 0. The van der Waals surface area contributed by atoms with Crippen LogP contribution in [0.2, 0.25) is 0 Å². The third-order valence-electron chi connectivity index (χ3n) is 3.71. The smallest absolute Gasteiger partial charge is 0.222 e. The number of rotatable bonds is 2. The predicted octanol–water partition coefficient (Wildman–Crippen LogP) is 4.42. The van der Waals surface area contributed by atoms with E-state index in [0.29, 0.717) is 5.90 Å². The first-order valence-corrected chi connectivity index (χ1v) is 6.65. The van der Waals surface area contributed by atoms with Crippen LogP contribution in [0, 0.1) is 0 Å². The number of ether oxygens (including phenoxy) is 1. The maximum Gasteiger partial charge on any atom is 0.222 e. The van der Waals surface area contributed by atoms with Gasteiger partial charge < -0.3 is 4.74 Å². The quantitative estimate of drug-likeness (QED) is 0.774. The lowest BCUT2D eigenvalue weighted by Gasteiger charge is -2.35. The van der Waals surface area contributed by atoms with Gasteiger partial charge in [0.05, 0.1) is 5.69 Å². The molecule has 19 heavy (non-hydrogen) atoms. The topological polar surface area (TPSA) is 21.6 Å². The normalized spacial score (nSPS) is 21.3. The first-order chi connectivity index (χ1) is 9.23. The van der Waals surface area contributed by atoms with Crippen molar-refractivity contribution in [1.82, 2.24) is 0 Å². The first kappa shape index (κ1) is 12.0.